The van der Waals surface area contributed by atoms with Crippen molar-refractivity contribution >= 4 is 51.3 Å². The number of nitro groups is 1. The summed E-state index contributed by atoms with van der Waals surface area (Å²) in [6.45, 7) is -0.257. The summed E-state index contributed by atoms with van der Waals surface area (Å²) in [5.41, 5.74) is 1.31. The maximum Gasteiger partial charge on any atom is 0.269 e. The molecule has 0 aliphatic rings. The summed E-state index contributed by atoms with van der Waals surface area (Å²) >= 11 is 13.1. The van der Waals surface area contributed by atoms with Gasteiger partial charge in [0.1, 0.15) is 5.75 Å². The van der Waals surface area contributed by atoms with Crippen molar-refractivity contribution < 1.29 is 14.5 Å². The average molecular weight is 424 g/mol. The largest absolute Gasteiger partial charge is 0.482 e. The van der Waals surface area contributed by atoms with Crippen LogP contribution in [0.3, 0.4) is 0 Å². The Hall–Kier alpha value is -2.68. The van der Waals surface area contributed by atoms with Crippen molar-refractivity contribution in [2.24, 2.45) is 0 Å². The van der Waals surface area contributed by atoms with E-state index in [1.807, 2.05) is 0 Å². The number of aromatic nitrogens is 1. The smallest absolute Gasteiger partial charge is 0.269 e. The number of benzene rings is 2. The van der Waals surface area contributed by atoms with E-state index in [2.05, 4.69) is 10.3 Å². The monoisotopic (exact) mass is 423 g/mol. The third kappa shape index (κ3) is 4.94. The molecule has 27 heavy (non-hydrogen) atoms. The van der Waals surface area contributed by atoms with Gasteiger partial charge in [-0.05, 0) is 24.3 Å². The van der Waals surface area contributed by atoms with Crippen LogP contribution in [0.2, 0.25) is 10.0 Å². The number of carbonyl (C=O) groups excluding carboxylic acids is 1. The first-order valence-corrected chi connectivity index (χ1v) is 9.14. The van der Waals surface area contributed by atoms with E-state index in [0.29, 0.717) is 32.2 Å². The molecule has 0 spiro atoms. The number of nitrogens with zero attached hydrogens (tertiary/aromatic N) is 2. The molecule has 0 aliphatic carbocycles. The molecule has 3 aromatic rings. The van der Waals surface area contributed by atoms with Crippen LogP contribution in [-0.2, 0) is 4.79 Å². The maximum absolute atomic E-state index is 12.0. The predicted octanol–water partition coefficient (Wildman–Crippen LogP) is 5.04. The quantitative estimate of drug-likeness (QED) is 0.442. The lowest BCUT2D eigenvalue weighted by atomic mass is 10.1. The molecule has 10 heteroatoms. The summed E-state index contributed by atoms with van der Waals surface area (Å²) in [6, 6.07) is 10.7. The van der Waals surface area contributed by atoms with E-state index in [4.69, 9.17) is 27.9 Å². The first kappa shape index (κ1) is 19.1. The fourth-order valence-electron chi connectivity index (χ4n) is 2.10. The molecule has 2 aromatic carbocycles. The van der Waals surface area contributed by atoms with Gasteiger partial charge >= 0.3 is 0 Å². The summed E-state index contributed by atoms with van der Waals surface area (Å²) in [4.78, 5) is 26.5. The van der Waals surface area contributed by atoms with Crippen molar-refractivity contribution in [2.75, 3.05) is 11.9 Å². The van der Waals surface area contributed by atoms with Gasteiger partial charge in [-0.2, -0.15) is 0 Å². The predicted molar refractivity (Wildman–Crippen MR) is 105 cm³/mol. The Morgan fingerprint density at radius 1 is 1.22 bits per heavy atom. The summed E-state index contributed by atoms with van der Waals surface area (Å²) in [7, 11) is 0. The number of thiazole rings is 1. The molecule has 0 saturated heterocycles. The number of hydrogen-bond acceptors (Lipinski definition) is 6. The molecule has 3 rings (SSSR count). The highest BCUT2D eigenvalue weighted by Gasteiger charge is 2.11. The zero-order valence-electron chi connectivity index (χ0n) is 13.5. The van der Waals surface area contributed by atoms with Gasteiger partial charge < -0.3 is 4.74 Å². The minimum Gasteiger partial charge on any atom is -0.482 e. The lowest BCUT2D eigenvalue weighted by Crippen LogP contribution is -2.20. The lowest BCUT2D eigenvalue weighted by molar-refractivity contribution is -0.384. The van der Waals surface area contributed by atoms with E-state index in [0.717, 1.165) is 0 Å². The molecule has 0 radical (unpaired) electrons. The number of rotatable bonds is 6. The van der Waals surface area contributed by atoms with Crippen LogP contribution in [0.5, 0.6) is 5.75 Å². The van der Waals surface area contributed by atoms with Crippen molar-refractivity contribution in [2.45, 2.75) is 0 Å². The molecular formula is C17H11Cl2N3O4S. The number of nitrogens with one attached hydrogen (secondary N) is 1. The molecule has 0 bridgehead atoms. The number of ether oxygens (including phenoxy) is 1. The van der Waals surface area contributed by atoms with Gasteiger partial charge in [0.15, 0.2) is 11.7 Å². The first-order valence-electron chi connectivity index (χ1n) is 7.50. The Morgan fingerprint density at radius 3 is 2.67 bits per heavy atom. The summed E-state index contributed by atoms with van der Waals surface area (Å²) in [5, 5.41) is 16.2. The maximum atomic E-state index is 12.0. The Bertz CT molecular complexity index is 992. The number of nitro benzene ring substituents is 1. The Labute approximate surface area is 167 Å². The van der Waals surface area contributed by atoms with E-state index >= 15 is 0 Å². The van der Waals surface area contributed by atoms with E-state index in [-0.39, 0.29) is 12.3 Å². The van der Waals surface area contributed by atoms with Gasteiger partial charge in [-0.1, -0.05) is 23.2 Å². The number of halogens is 2. The molecule has 1 heterocycles. The van der Waals surface area contributed by atoms with E-state index in [1.54, 1.807) is 29.6 Å². The first-order chi connectivity index (χ1) is 12.9. The second-order valence-electron chi connectivity index (χ2n) is 5.25. The highest BCUT2D eigenvalue weighted by atomic mass is 35.5. The Balaban J connectivity index is 1.60. The standard InChI is InChI=1S/C17H11Cl2N3O4S/c18-11-3-6-13(19)15(7-11)26-8-16(23)21-17-20-14(9-27-17)10-1-4-12(5-2-10)22(24)25/h1-7,9H,8H2,(H,20,21,23). The highest BCUT2D eigenvalue weighted by molar-refractivity contribution is 7.14. The van der Waals surface area contributed by atoms with Crippen molar-refractivity contribution in [1.29, 1.82) is 0 Å². The van der Waals surface area contributed by atoms with Crippen LogP contribution in [0.25, 0.3) is 11.3 Å². The normalized spacial score (nSPS) is 10.4. The fraction of sp³-hybridized carbons (Fsp3) is 0.0588. The minimum absolute atomic E-state index is 0.000620. The molecule has 0 aliphatic heterocycles. The topological polar surface area (TPSA) is 94.4 Å². The molecule has 7 nitrogen and oxygen atoms in total. The van der Waals surface area contributed by atoms with Crippen molar-refractivity contribution in [1.82, 2.24) is 4.98 Å². The number of non-ortho nitro benzene ring substituents is 1. The Morgan fingerprint density at radius 2 is 1.96 bits per heavy atom. The number of amides is 1. The lowest BCUT2D eigenvalue weighted by Gasteiger charge is -2.07. The molecule has 0 atom stereocenters. The number of anilines is 1. The van der Waals surface area contributed by atoms with Crippen LogP contribution in [0, 0.1) is 10.1 Å². The van der Waals surface area contributed by atoms with Gasteiger partial charge in [0.05, 0.1) is 15.6 Å². The molecule has 1 amide bonds. The minimum atomic E-state index is -0.470. The molecular weight excluding hydrogens is 413 g/mol. The van der Waals surface area contributed by atoms with E-state index < -0.39 is 10.8 Å². The SMILES string of the molecule is O=C(COc1cc(Cl)ccc1Cl)Nc1nc(-c2ccc([N+](=O)[O-])cc2)cs1. The van der Waals surface area contributed by atoms with Gasteiger partial charge in [0, 0.05) is 34.2 Å². The van der Waals surface area contributed by atoms with Crippen molar-refractivity contribution in [3.8, 4) is 17.0 Å². The molecule has 0 saturated carbocycles. The highest BCUT2D eigenvalue weighted by Crippen LogP contribution is 2.28. The second kappa shape index (κ2) is 8.34. The zero-order valence-corrected chi connectivity index (χ0v) is 15.8. The van der Waals surface area contributed by atoms with Crippen LogP contribution in [0.4, 0.5) is 10.8 Å². The summed E-state index contributed by atoms with van der Waals surface area (Å²) < 4.78 is 5.36. The molecule has 1 N–H and O–H groups in total. The van der Waals surface area contributed by atoms with Crippen molar-refractivity contribution in [3.63, 3.8) is 0 Å². The zero-order chi connectivity index (χ0) is 19.4. The summed E-state index contributed by atoms with van der Waals surface area (Å²) in [5.74, 6) is -0.0966. The van der Waals surface area contributed by atoms with E-state index in [9.17, 15) is 14.9 Å². The number of carbonyl (C=O) groups is 1. The average Bonchev–Trinajstić information content (AvgIpc) is 3.11. The van der Waals surface area contributed by atoms with Gasteiger partial charge in [-0.15, -0.1) is 11.3 Å². The van der Waals surface area contributed by atoms with Crippen LogP contribution < -0.4 is 10.1 Å². The van der Waals surface area contributed by atoms with Crippen LogP contribution >= 0.6 is 34.5 Å². The summed E-state index contributed by atoms with van der Waals surface area (Å²) in [6.07, 6.45) is 0. The van der Waals surface area contributed by atoms with Gasteiger partial charge in [0.25, 0.3) is 11.6 Å². The number of hydrogen-bond donors (Lipinski definition) is 1. The molecule has 138 valence electrons. The third-order valence-corrected chi connectivity index (χ3v) is 4.68. The van der Waals surface area contributed by atoms with Crippen LogP contribution in [-0.4, -0.2) is 22.4 Å². The van der Waals surface area contributed by atoms with Gasteiger partial charge in [-0.3, -0.25) is 20.2 Å². The van der Waals surface area contributed by atoms with Crippen LogP contribution in [0.15, 0.2) is 47.8 Å². The molecule has 0 fully saturated rings. The third-order valence-electron chi connectivity index (χ3n) is 3.38. The fourth-order valence-corrected chi connectivity index (χ4v) is 3.17. The van der Waals surface area contributed by atoms with Crippen LogP contribution in [0.1, 0.15) is 0 Å². The second-order valence-corrected chi connectivity index (χ2v) is 6.96. The molecule has 1 aromatic heterocycles. The Kier molecular flexibility index (Phi) is 5.90. The van der Waals surface area contributed by atoms with Gasteiger partial charge in [0.2, 0.25) is 0 Å². The van der Waals surface area contributed by atoms with Gasteiger partial charge in [-0.25, -0.2) is 4.98 Å². The van der Waals surface area contributed by atoms with E-state index in [1.165, 1.54) is 29.5 Å². The molecule has 0 unspecified atom stereocenters. The van der Waals surface area contributed by atoms with Crippen molar-refractivity contribution in [3.05, 3.63) is 68.0 Å².